The average molecular weight is 309 g/mol. The number of carboxylic acid groups (broad SMARTS) is 1. The van der Waals surface area contributed by atoms with Crippen LogP contribution in [0.4, 0.5) is 0 Å². The first-order chi connectivity index (χ1) is 8.15. The molecule has 2 aliphatic rings. The number of rotatable bonds is 5. The molecule has 1 amide bonds. The largest absolute Gasteiger partial charge is 1.00 e. The monoisotopic (exact) mass is 309 g/mol. The number of hydrogen-bond donors (Lipinski definition) is 0. The van der Waals surface area contributed by atoms with E-state index in [1.165, 1.54) is 16.7 Å². The van der Waals surface area contributed by atoms with E-state index in [1.807, 2.05) is 6.08 Å². The number of nitrogens with zero attached hydrogens (tertiary/aromatic N) is 1. The minimum atomic E-state index is -1.19. The molecule has 2 rings (SSSR count). The number of hydrogen-bond acceptors (Lipinski definition) is 5. The van der Waals surface area contributed by atoms with Gasteiger partial charge in [0.1, 0.15) is 6.04 Å². The fourth-order valence-corrected chi connectivity index (χ4v) is 3.97. The van der Waals surface area contributed by atoms with Crippen molar-refractivity contribution in [1.82, 2.24) is 4.90 Å². The van der Waals surface area contributed by atoms with Gasteiger partial charge >= 0.3 is 51.4 Å². The van der Waals surface area contributed by atoms with Crippen LogP contribution in [0.15, 0.2) is 23.6 Å². The Kier molecular flexibility index (Phi) is 7.02. The molecule has 2 aliphatic heterocycles. The second-order valence-electron chi connectivity index (χ2n) is 3.73. The Morgan fingerprint density at radius 3 is 2.89 bits per heavy atom. The standard InChI is InChI=1S/C11H13NO3S2.K/c1-2-4-16-5-3-7-10(11(14)15)12-8(13)6-9(12)17-7;/h2-3,9-10H,1,4-6H2,(H,14,15);/q;+1/p-1/b7-3-;. The summed E-state index contributed by atoms with van der Waals surface area (Å²) in [5.74, 6) is 0.274. The van der Waals surface area contributed by atoms with Gasteiger partial charge in [0.15, 0.2) is 0 Å². The molecule has 2 fully saturated rings. The molecule has 0 aromatic heterocycles. The van der Waals surface area contributed by atoms with Crippen molar-refractivity contribution in [3.8, 4) is 0 Å². The van der Waals surface area contributed by atoms with Gasteiger partial charge in [-0.2, -0.15) is 11.8 Å². The van der Waals surface area contributed by atoms with Gasteiger partial charge in [0, 0.05) is 16.4 Å². The van der Waals surface area contributed by atoms with Crippen LogP contribution < -0.4 is 56.5 Å². The number of amides is 1. The number of carbonyl (C=O) groups is 2. The predicted octanol–water partition coefficient (Wildman–Crippen LogP) is -2.78. The van der Waals surface area contributed by atoms with Crippen LogP contribution in [0.3, 0.4) is 0 Å². The molecule has 0 aromatic carbocycles. The molecule has 0 bridgehead atoms. The smallest absolute Gasteiger partial charge is 0.547 e. The van der Waals surface area contributed by atoms with E-state index >= 15 is 0 Å². The van der Waals surface area contributed by atoms with Crippen molar-refractivity contribution in [1.29, 1.82) is 0 Å². The zero-order valence-corrected chi connectivity index (χ0v) is 14.9. The summed E-state index contributed by atoms with van der Waals surface area (Å²) in [7, 11) is 0. The normalized spacial score (nSPS) is 27.4. The number of carboxylic acids is 1. The third-order valence-corrected chi connectivity index (χ3v) is 4.83. The molecule has 2 heterocycles. The van der Waals surface area contributed by atoms with E-state index in [4.69, 9.17) is 0 Å². The SMILES string of the molecule is C=CCSC/C=C1\SC2CC(=O)N2C1C(=O)[O-].[K+]. The molecule has 2 atom stereocenters. The van der Waals surface area contributed by atoms with Gasteiger partial charge in [0.25, 0.3) is 0 Å². The van der Waals surface area contributed by atoms with Crippen molar-refractivity contribution in [2.24, 2.45) is 0 Å². The number of aliphatic carboxylic acids is 1. The first-order valence-corrected chi connectivity index (χ1v) is 7.26. The van der Waals surface area contributed by atoms with Crippen LogP contribution in [0.5, 0.6) is 0 Å². The first kappa shape index (κ1) is 16.8. The molecule has 92 valence electrons. The number of β-lactam (4-membered cyclic amide) rings is 1. The summed E-state index contributed by atoms with van der Waals surface area (Å²) in [6.07, 6.45) is 4.12. The number of thioether (sulfide) groups is 2. The Balaban J connectivity index is 0.00000162. The van der Waals surface area contributed by atoms with Crippen LogP contribution in [-0.2, 0) is 9.59 Å². The minimum Gasteiger partial charge on any atom is -0.547 e. The molecule has 0 aliphatic carbocycles. The van der Waals surface area contributed by atoms with Gasteiger partial charge < -0.3 is 14.8 Å². The first-order valence-electron chi connectivity index (χ1n) is 5.22. The topological polar surface area (TPSA) is 60.4 Å². The molecule has 0 saturated carbocycles. The zero-order chi connectivity index (χ0) is 12.4. The molecule has 0 aromatic rings. The fourth-order valence-electron chi connectivity index (χ4n) is 1.85. The Hall–Kier alpha value is 0.756. The van der Waals surface area contributed by atoms with E-state index in [1.54, 1.807) is 17.8 Å². The third kappa shape index (κ3) is 3.44. The van der Waals surface area contributed by atoms with E-state index in [-0.39, 0.29) is 62.7 Å². The van der Waals surface area contributed by atoms with Crippen LogP contribution >= 0.6 is 23.5 Å². The quantitative estimate of drug-likeness (QED) is 0.238. The second kappa shape index (κ2) is 7.52. The van der Waals surface area contributed by atoms with Gasteiger partial charge in [0.05, 0.1) is 17.8 Å². The van der Waals surface area contributed by atoms with Crippen molar-refractivity contribution in [3.63, 3.8) is 0 Å². The number of fused-ring (bicyclic) bond motifs is 1. The molecule has 4 nitrogen and oxygen atoms in total. The van der Waals surface area contributed by atoms with Crippen molar-refractivity contribution in [2.45, 2.75) is 17.8 Å². The van der Waals surface area contributed by atoms with Crippen LogP contribution in [0.1, 0.15) is 6.42 Å². The molecule has 7 heteroatoms. The summed E-state index contributed by atoms with van der Waals surface area (Å²) in [5, 5.41) is 11.1. The van der Waals surface area contributed by atoms with Gasteiger partial charge in [-0.05, 0) is 0 Å². The summed E-state index contributed by atoms with van der Waals surface area (Å²) in [6.45, 7) is 3.61. The predicted molar refractivity (Wildman–Crippen MR) is 67.2 cm³/mol. The van der Waals surface area contributed by atoms with Crippen LogP contribution in [0, 0.1) is 0 Å². The maximum atomic E-state index is 11.3. The van der Waals surface area contributed by atoms with E-state index < -0.39 is 12.0 Å². The molecular formula is C11H12KNO3S2. The van der Waals surface area contributed by atoms with E-state index in [2.05, 4.69) is 6.58 Å². The Morgan fingerprint density at radius 1 is 1.61 bits per heavy atom. The molecule has 0 spiro atoms. The zero-order valence-electron chi connectivity index (χ0n) is 10.1. The van der Waals surface area contributed by atoms with E-state index in [9.17, 15) is 14.7 Å². The summed E-state index contributed by atoms with van der Waals surface area (Å²) in [5.41, 5.74) is 0. The average Bonchev–Trinajstić information content (AvgIpc) is 2.57. The third-order valence-electron chi connectivity index (χ3n) is 2.63. The van der Waals surface area contributed by atoms with Crippen LogP contribution in [0.25, 0.3) is 0 Å². The summed E-state index contributed by atoms with van der Waals surface area (Å²) < 4.78 is 0. The molecular weight excluding hydrogens is 297 g/mol. The molecule has 2 saturated heterocycles. The van der Waals surface area contributed by atoms with Gasteiger partial charge in [-0.25, -0.2) is 0 Å². The molecule has 0 N–H and O–H groups in total. The van der Waals surface area contributed by atoms with Gasteiger partial charge in [-0.3, -0.25) is 4.79 Å². The van der Waals surface area contributed by atoms with Crippen molar-refractivity contribution in [2.75, 3.05) is 11.5 Å². The van der Waals surface area contributed by atoms with Gasteiger partial charge in [-0.1, -0.05) is 12.2 Å². The van der Waals surface area contributed by atoms with Crippen molar-refractivity contribution >= 4 is 35.4 Å². The Bertz CT molecular complexity index is 400. The van der Waals surface area contributed by atoms with Crippen LogP contribution in [0.2, 0.25) is 0 Å². The van der Waals surface area contributed by atoms with Crippen molar-refractivity contribution in [3.05, 3.63) is 23.6 Å². The van der Waals surface area contributed by atoms with Crippen LogP contribution in [-0.4, -0.2) is 39.7 Å². The summed E-state index contributed by atoms with van der Waals surface area (Å²) in [4.78, 5) is 24.5. The number of carbonyl (C=O) groups excluding carboxylic acids is 2. The second-order valence-corrected chi connectivity index (χ2v) is 6.06. The Morgan fingerprint density at radius 2 is 2.33 bits per heavy atom. The summed E-state index contributed by atoms with van der Waals surface area (Å²) in [6, 6.07) is -0.865. The maximum Gasteiger partial charge on any atom is 1.00 e. The molecule has 18 heavy (non-hydrogen) atoms. The van der Waals surface area contributed by atoms with Gasteiger partial charge in [0.2, 0.25) is 5.91 Å². The Labute approximate surface area is 157 Å². The molecule has 0 radical (unpaired) electrons. The van der Waals surface area contributed by atoms with E-state index in [0.29, 0.717) is 6.42 Å². The van der Waals surface area contributed by atoms with Crippen molar-refractivity contribution < 1.29 is 66.1 Å². The fraction of sp³-hybridized carbons (Fsp3) is 0.455. The summed E-state index contributed by atoms with van der Waals surface area (Å²) >= 11 is 3.12. The minimum absolute atomic E-state index is 0. The maximum absolute atomic E-state index is 11.3. The van der Waals surface area contributed by atoms with E-state index in [0.717, 1.165) is 16.4 Å². The molecule has 2 unspecified atom stereocenters. The van der Waals surface area contributed by atoms with Gasteiger partial charge in [-0.15, -0.1) is 18.3 Å².